The summed E-state index contributed by atoms with van der Waals surface area (Å²) in [5.41, 5.74) is 4.22. The summed E-state index contributed by atoms with van der Waals surface area (Å²) in [5.74, 6) is -0.994. The molecule has 1 aliphatic rings. The molecular weight excluding hydrogens is 554 g/mol. The zero-order chi connectivity index (χ0) is 32.1. The average Bonchev–Trinajstić information content (AvgIpc) is 3.48. The first-order valence-electron chi connectivity index (χ1n) is 17.4. The molecule has 3 atom stereocenters. The van der Waals surface area contributed by atoms with Crippen LogP contribution in [0.25, 0.3) is 0 Å². The standard InChI is InChI=1S/C41H57NO3/c1-33(37-31-42(32-38(37)39(43)44)29-27-34-21-13-10-14-22-34)45-30-20-9-7-5-6-8-19-28-41(40(2,3)4,35-23-15-11-16-24-35)36-25-17-12-18-26-36/h10-18,21-26,33,37-38H,5-9,19-20,27-32H2,1-4H3,(H,43,44)/t33-,37-,38+/m0/s1. The quantitative estimate of drug-likeness (QED) is 0.146. The van der Waals surface area contributed by atoms with Gasteiger partial charge in [-0.25, -0.2) is 0 Å². The van der Waals surface area contributed by atoms with E-state index in [-0.39, 0.29) is 28.8 Å². The average molecular weight is 612 g/mol. The Morgan fingerprint density at radius 1 is 0.778 bits per heavy atom. The second-order valence-corrected chi connectivity index (χ2v) is 14.3. The van der Waals surface area contributed by atoms with Gasteiger partial charge in [-0.1, -0.05) is 150 Å². The number of hydrogen-bond donors (Lipinski definition) is 1. The van der Waals surface area contributed by atoms with Gasteiger partial charge in [0.15, 0.2) is 0 Å². The molecule has 1 fully saturated rings. The lowest BCUT2D eigenvalue weighted by Crippen LogP contribution is -2.41. The number of benzene rings is 3. The lowest BCUT2D eigenvalue weighted by Gasteiger charge is -2.46. The first-order chi connectivity index (χ1) is 21.7. The van der Waals surface area contributed by atoms with Crippen LogP contribution in [0.4, 0.5) is 0 Å². The van der Waals surface area contributed by atoms with Gasteiger partial charge >= 0.3 is 5.97 Å². The van der Waals surface area contributed by atoms with Crippen LogP contribution in [0.1, 0.15) is 95.8 Å². The topological polar surface area (TPSA) is 49.8 Å². The first kappa shape index (κ1) is 34.9. The van der Waals surface area contributed by atoms with Gasteiger partial charge in [0.25, 0.3) is 0 Å². The van der Waals surface area contributed by atoms with E-state index in [1.54, 1.807) is 0 Å². The molecule has 244 valence electrons. The molecule has 1 saturated heterocycles. The summed E-state index contributed by atoms with van der Waals surface area (Å²) in [6.45, 7) is 12.3. The second-order valence-electron chi connectivity index (χ2n) is 14.3. The third-order valence-corrected chi connectivity index (χ3v) is 10.3. The van der Waals surface area contributed by atoms with Crippen molar-refractivity contribution in [3.8, 4) is 0 Å². The van der Waals surface area contributed by atoms with Crippen LogP contribution in [0.5, 0.6) is 0 Å². The largest absolute Gasteiger partial charge is 0.481 e. The normalized spacial score (nSPS) is 18.2. The molecular formula is C41H57NO3. The predicted molar refractivity (Wildman–Crippen MR) is 187 cm³/mol. The van der Waals surface area contributed by atoms with Crippen molar-refractivity contribution in [2.45, 2.75) is 97.0 Å². The fourth-order valence-corrected chi connectivity index (χ4v) is 7.68. The van der Waals surface area contributed by atoms with Gasteiger partial charge in [-0.05, 0) is 48.3 Å². The van der Waals surface area contributed by atoms with E-state index in [2.05, 4.69) is 118 Å². The Bertz CT molecular complexity index is 1210. The molecule has 4 heteroatoms. The van der Waals surface area contributed by atoms with Crippen LogP contribution < -0.4 is 0 Å². The van der Waals surface area contributed by atoms with E-state index in [0.29, 0.717) is 6.54 Å². The number of nitrogens with zero attached hydrogens (tertiary/aromatic N) is 1. The van der Waals surface area contributed by atoms with Gasteiger partial charge in [-0.2, -0.15) is 0 Å². The molecule has 0 aliphatic carbocycles. The summed E-state index contributed by atoms with van der Waals surface area (Å²) in [4.78, 5) is 14.3. The molecule has 0 spiro atoms. The molecule has 1 N–H and O–H groups in total. The molecule has 3 aromatic carbocycles. The summed E-state index contributed by atoms with van der Waals surface area (Å²) in [7, 11) is 0. The van der Waals surface area contributed by atoms with Gasteiger partial charge in [-0.3, -0.25) is 4.79 Å². The van der Waals surface area contributed by atoms with E-state index >= 15 is 0 Å². The van der Waals surface area contributed by atoms with Crippen molar-refractivity contribution < 1.29 is 14.6 Å². The highest BCUT2D eigenvalue weighted by Crippen LogP contribution is 2.50. The minimum atomic E-state index is -0.690. The lowest BCUT2D eigenvalue weighted by molar-refractivity contribution is -0.144. The third-order valence-electron chi connectivity index (χ3n) is 10.3. The maximum absolute atomic E-state index is 12.0. The number of rotatable bonds is 18. The van der Waals surface area contributed by atoms with Gasteiger partial charge in [0.2, 0.25) is 0 Å². The smallest absolute Gasteiger partial charge is 0.308 e. The van der Waals surface area contributed by atoms with Crippen LogP contribution in [-0.4, -0.2) is 48.3 Å². The van der Waals surface area contributed by atoms with Crippen LogP contribution >= 0.6 is 0 Å². The molecule has 3 aromatic rings. The molecule has 45 heavy (non-hydrogen) atoms. The van der Waals surface area contributed by atoms with E-state index in [4.69, 9.17) is 4.74 Å². The highest BCUT2D eigenvalue weighted by atomic mass is 16.5. The Morgan fingerprint density at radius 2 is 1.29 bits per heavy atom. The highest BCUT2D eigenvalue weighted by molar-refractivity contribution is 5.71. The second kappa shape index (κ2) is 17.1. The van der Waals surface area contributed by atoms with Gasteiger partial charge < -0.3 is 14.7 Å². The summed E-state index contributed by atoms with van der Waals surface area (Å²) in [6, 6.07) is 32.7. The number of carboxylic acid groups (broad SMARTS) is 1. The molecule has 0 radical (unpaired) electrons. The Morgan fingerprint density at radius 3 is 1.82 bits per heavy atom. The zero-order valence-electron chi connectivity index (χ0n) is 28.3. The fourth-order valence-electron chi connectivity index (χ4n) is 7.68. The maximum Gasteiger partial charge on any atom is 0.308 e. The van der Waals surface area contributed by atoms with Crippen molar-refractivity contribution in [2.24, 2.45) is 17.3 Å². The van der Waals surface area contributed by atoms with Crippen molar-refractivity contribution in [3.63, 3.8) is 0 Å². The van der Waals surface area contributed by atoms with Crippen molar-refractivity contribution in [1.82, 2.24) is 4.90 Å². The molecule has 4 rings (SSSR count). The number of hydrogen-bond acceptors (Lipinski definition) is 3. The minimum absolute atomic E-state index is 0.0125. The van der Waals surface area contributed by atoms with Crippen LogP contribution in [0.15, 0.2) is 91.0 Å². The van der Waals surface area contributed by atoms with Crippen LogP contribution in [0.2, 0.25) is 0 Å². The van der Waals surface area contributed by atoms with Crippen LogP contribution in [-0.2, 0) is 21.4 Å². The summed E-state index contributed by atoms with van der Waals surface area (Å²) in [5, 5.41) is 9.88. The molecule has 0 saturated carbocycles. The van der Waals surface area contributed by atoms with Crippen molar-refractivity contribution >= 4 is 5.97 Å². The highest BCUT2D eigenvalue weighted by Gasteiger charge is 2.44. The Kier molecular flexibility index (Phi) is 13.3. The number of ether oxygens (including phenoxy) is 1. The maximum atomic E-state index is 12.0. The van der Waals surface area contributed by atoms with Gasteiger partial charge in [-0.15, -0.1) is 0 Å². The number of likely N-dealkylation sites (tertiary alicyclic amines) is 1. The Labute approximate surface area is 273 Å². The Balaban J connectivity index is 1.15. The molecule has 0 aromatic heterocycles. The monoisotopic (exact) mass is 611 g/mol. The first-order valence-corrected chi connectivity index (χ1v) is 17.4. The van der Waals surface area contributed by atoms with E-state index in [1.165, 1.54) is 55.2 Å². The lowest BCUT2D eigenvalue weighted by atomic mass is 9.57. The number of carbonyl (C=O) groups is 1. The fraction of sp³-hybridized carbons (Fsp3) is 0.537. The molecule has 0 bridgehead atoms. The number of aliphatic carboxylic acids is 1. The predicted octanol–water partition coefficient (Wildman–Crippen LogP) is 9.42. The van der Waals surface area contributed by atoms with Gasteiger partial charge in [0, 0.05) is 37.6 Å². The molecule has 1 aliphatic heterocycles. The zero-order valence-corrected chi connectivity index (χ0v) is 28.3. The van der Waals surface area contributed by atoms with Crippen molar-refractivity contribution in [3.05, 3.63) is 108 Å². The number of unbranched alkanes of at least 4 members (excludes halogenated alkanes) is 6. The van der Waals surface area contributed by atoms with E-state index in [9.17, 15) is 9.90 Å². The SMILES string of the molecule is C[C@H](OCCCCCCCCCC(c1ccccc1)(c1ccccc1)C(C)(C)C)[C@@H]1CN(CCc2ccccc2)C[C@H]1C(=O)O. The van der Waals surface area contributed by atoms with Gasteiger partial charge in [0.1, 0.15) is 0 Å². The van der Waals surface area contributed by atoms with Gasteiger partial charge in [0.05, 0.1) is 12.0 Å². The summed E-state index contributed by atoms with van der Waals surface area (Å²) >= 11 is 0. The van der Waals surface area contributed by atoms with E-state index in [0.717, 1.165) is 39.0 Å². The van der Waals surface area contributed by atoms with E-state index < -0.39 is 5.97 Å². The number of carboxylic acids is 1. The third kappa shape index (κ3) is 9.53. The minimum Gasteiger partial charge on any atom is -0.481 e. The molecule has 0 amide bonds. The molecule has 0 unspecified atom stereocenters. The molecule has 4 nitrogen and oxygen atoms in total. The van der Waals surface area contributed by atoms with Crippen molar-refractivity contribution in [1.29, 1.82) is 0 Å². The summed E-state index contributed by atoms with van der Waals surface area (Å²) < 4.78 is 6.23. The van der Waals surface area contributed by atoms with E-state index in [1.807, 2.05) is 6.07 Å². The van der Waals surface area contributed by atoms with Crippen LogP contribution in [0.3, 0.4) is 0 Å². The van der Waals surface area contributed by atoms with Crippen molar-refractivity contribution in [2.75, 3.05) is 26.2 Å². The van der Waals surface area contributed by atoms with Crippen LogP contribution in [0, 0.1) is 17.3 Å². The Hall–Kier alpha value is -2.95. The molecule has 1 heterocycles. The summed E-state index contributed by atoms with van der Waals surface area (Å²) in [6.07, 6.45) is 10.5.